The van der Waals surface area contributed by atoms with Crippen molar-refractivity contribution >= 4 is 22.6 Å². The molecule has 16 heavy (non-hydrogen) atoms. The van der Waals surface area contributed by atoms with Crippen LogP contribution in [0.4, 0.5) is 0 Å². The van der Waals surface area contributed by atoms with Crippen molar-refractivity contribution in [1.82, 2.24) is 9.03 Å². The molecule has 1 atom stereocenters. The summed E-state index contributed by atoms with van der Waals surface area (Å²) in [5.74, 6) is 0. The predicted octanol–water partition coefficient (Wildman–Crippen LogP) is -0.688. The Morgan fingerprint density at radius 1 is 1.44 bits per heavy atom. The van der Waals surface area contributed by atoms with Crippen molar-refractivity contribution in [2.45, 2.75) is 19.4 Å². The highest BCUT2D eigenvalue weighted by atomic mass is 35.5. The van der Waals surface area contributed by atoms with E-state index in [1.807, 2.05) is 6.92 Å². The Morgan fingerprint density at radius 3 is 2.50 bits per heavy atom. The molecule has 0 saturated carbocycles. The van der Waals surface area contributed by atoms with Crippen LogP contribution in [0.3, 0.4) is 0 Å². The van der Waals surface area contributed by atoms with Gasteiger partial charge in [0.15, 0.2) is 0 Å². The van der Waals surface area contributed by atoms with Crippen molar-refractivity contribution in [1.29, 1.82) is 0 Å². The van der Waals surface area contributed by atoms with Crippen molar-refractivity contribution in [3.63, 3.8) is 0 Å². The molecule has 0 spiro atoms. The third-order valence-electron chi connectivity index (χ3n) is 2.19. The first-order valence-corrected chi connectivity index (χ1v) is 6.54. The van der Waals surface area contributed by atoms with Crippen LogP contribution in [0.5, 0.6) is 0 Å². The minimum absolute atomic E-state index is 0. The van der Waals surface area contributed by atoms with E-state index in [1.165, 1.54) is 4.31 Å². The molecule has 98 valence electrons. The average Bonchev–Trinajstić information content (AvgIpc) is 2.18. The van der Waals surface area contributed by atoms with Crippen LogP contribution < -0.4 is 10.5 Å². The van der Waals surface area contributed by atoms with Crippen LogP contribution in [-0.2, 0) is 14.9 Å². The number of morpholine rings is 1. The van der Waals surface area contributed by atoms with Crippen LogP contribution in [0.15, 0.2) is 0 Å². The molecule has 1 aliphatic heterocycles. The van der Waals surface area contributed by atoms with E-state index in [1.54, 1.807) is 0 Å². The summed E-state index contributed by atoms with van der Waals surface area (Å²) in [4.78, 5) is 0. The molecule has 1 aliphatic rings. The smallest absolute Gasteiger partial charge is 0.279 e. The standard InChI is InChI=1S/C8H19N3O3S.ClH/c1-8(9)2-3-10-15(12,13)11-4-6-14-7-5-11;/h8,10H,2-7,9H2,1H3;1H. The van der Waals surface area contributed by atoms with E-state index in [2.05, 4.69) is 4.72 Å². The van der Waals surface area contributed by atoms with Gasteiger partial charge in [0.05, 0.1) is 13.2 Å². The number of nitrogens with zero attached hydrogens (tertiary/aromatic N) is 1. The number of rotatable bonds is 5. The molecule has 0 aromatic carbocycles. The summed E-state index contributed by atoms with van der Waals surface area (Å²) in [6.07, 6.45) is 0.642. The molecular formula is C8H20ClN3O3S. The first-order chi connectivity index (χ1) is 7.02. The van der Waals surface area contributed by atoms with E-state index >= 15 is 0 Å². The number of ether oxygens (including phenoxy) is 1. The molecule has 0 aromatic heterocycles. The molecule has 1 unspecified atom stereocenters. The van der Waals surface area contributed by atoms with Gasteiger partial charge in [0.1, 0.15) is 0 Å². The summed E-state index contributed by atoms with van der Waals surface area (Å²) in [6.45, 7) is 4.02. The lowest BCUT2D eigenvalue weighted by Crippen LogP contribution is -2.47. The van der Waals surface area contributed by atoms with Crippen LogP contribution in [0, 0.1) is 0 Å². The Bertz CT molecular complexity index is 278. The van der Waals surface area contributed by atoms with Gasteiger partial charge in [-0.3, -0.25) is 0 Å². The van der Waals surface area contributed by atoms with E-state index in [0.717, 1.165) is 0 Å². The second-order valence-corrected chi connectivity index (χ2v) is 5.43. The second kappa shape index (κ2) is 7.41. The molecule has 1 rings (SSSR count). The van der Waals surface area contributed by atoms with Crippen LogP contribution >= 0.6 is 12.4 Å². The Labute approximate surface area is 103 Å². The third kappa shape index (κ3) is 5.42. The molecular weight excluding hydrogens is 254 g/mol. The fourth-order valence-electron chi connectivity index (χ4n) is 1.29. The Balaban J connectivity index is 0.00000225. The van der Waals surface area contributed by atoms with Crippen molar-refractivity contribution in [3.8, 4) is 0 Å². The van der Waals surface area contributed by atoms with E-state index in [-0.39, 0.29) is 18.4 Å². The first kappa shape index (κ1) is 16.1. The highest BCUT2D eigenvalue weighted by Crippen LogP contribution is 2.02. The maximum absolute atomic E-state index is 11.7. The average molecular weight is 274 g/mol. The minimum Gasteiger partial charge on any atom is -0.379 e. The Hall–Kier alpha value is 0.0800. The summed E-state index contributed by atoms with van der Waals surface area (Å²) >= 11 is 0. The molecule has 0 radical (unpaired) electrons. The molecule has 0 aliphatic carbocycles. The van der Waals surface area contributed by atoms with Gasteiger partial charge in [-0.15, -0.1) is 12.4 Å². The van der Waals surface area contributed by atoms with E-state index < -0.39 is 10.2 Å². The fraction of sp³-hybridized carbons (Fsp3) is 1.00. The summed E-state index contributed by atoms with van der Waals surface area (Å²) in [7, 11) is -3.33. The summed E-state index contributed by atoms with van der Waals surface area (Å²) in [5, 5.41) is 0. The third-order valence-corrected chi connectivity index (χ3v) is 3.81. The van der Waals surface area contributed by atoms with Gasteiger partial charge in [0.2, 0.25) is 0 Å². The number of nitrogens with one attached hydrogen (secondary N) is 1. The van der Waals surface area contributed by atoms with Crippen LogP contribution in [0.2, 0.25) is 0 Å². The van der Waals surface area contributed by atoms with Gasteiger partial charge >= 0.3 is 0 Å². The normalized spacial score (nSPS) is 20.1. The van der Waals surface area contributed by atoms with Gasteiger partial charge in [-0.05, 0) is 13.3 Å². The lowest BCUT2D eigenvalue weighted by molar-refractivity contribution is 0.0725. The largest absolute Gasteiger partial charge is 0.379 e. The highest BCUT2D eigenvalue weighted by Gasteiger charge is 2.23. The summed E-state index contributed by atoms with van der Waals surface area (Å²) in [5.41, 5.74) is 5.53. The van der Waals surface area contributed by atoms with Gasteiger partial charge in [-0.25, -0.2) is 4.72 Å². The predicted molar refractivity (Wildman–Crippen MR) is 64.8 cm³/mol. The summed E-state index contributed by atoms with van der Waals surface area (Å²) < 4.78 is 32.4. The van der Waals surface area contributed by atoms with Crippen molar-refractivity contribution in [3.05, 3.63) is 0 Å². The minimum atomic E-state index is -3.33. The monoisotopic (exact) mass is 273 g/mol. The molecule has 6 nitrogen and oxygen atoms in total. The second-order valence-electron chi connectivity index (χ2n) is 3.68. The molecule has 1 fully saturated rings. The lowest BCUT2D eigenvalue weighted by Gasteiger charge is -2.26. The maximum Gasteiger partial charge on any atom is 0.279 e. The zero-order valence-corrected chi connectivity index (χ0v) is 11.0. The number of hydrogen-bond acceptors (Lipinski definition) is 4. The van der Waals surface area contributed by atoms with Gasteiger partial charge < -0.3 is 10.5 Å². The maximum atomic E-state index is 11.7. The van der Waals surface area contributed by atoms with Gasteiger partial charge in [0, 0.05) is 25.7 Å². The molecule has 3 N–H and O–H groups in total. The Morgan fingerprint density at radius 2 is 2.00 bits per heavy atom. The fourth-order valence-corrected chi connectivity index (χ4v) is 2.48. The van der Waals surface area contributed by atoms with E-state index in [4.69, 9.17) is 10.5 Å². The van der Waals surface area contributed by atoms with Gasteiger partial charge in [-0.2, -0.15) is 12.7 Å². The molecule has 0 bridgehead atoms. The van der Waals surface area contributed by atoms with Crippen LogP contribution in [0.1, 0.15) is 13.3 Å². The number of hydrogen-bond donors (Lipinski definition) is 2. The van der Waals surface area contributed by atoms with Crippen molar-refractivity contribution < 1.29 is 13.2 Å². The molecule has 0 aromatic rings. The molecule has 1 saturated heterocycles. The van der Waals surface area contributed by atoms with E-state index in [0.29, 0.717) is 39.3 Å². The first-order valence-electron chi connectivity index (χ1n) is 5.10. The molecule has 8 heteroatoms. The lowest BCUT2D eigenvalue weighted by atomic mass is 10.3. The quantitative estimate of drug-likeness (QED) is 0.695. The topological polar surface area (TPSA) is 84.7 Å². The summed E-state index contributed by atoms with van der Waals surface area (Å²) in [6, 6.07) is 0.0115. The SMILES string of the molecule is CC(N)CCNS(=O)(=O)N1CCOCC1.Cl. The molecule has 0 amide bonds. The molecule has 1 heterocycles. The number of halogens is 1. The Kier molecular flexibility index (Phi) is 7.45. The van der Waals surface area contributed by atoms with Crippen molar-refractivity contribution in [2.24, 2.45) is 5.73 Å². The highest BCUT2D eigenvalue weighted by molar-refractivity contribution is 7.87. The van der Waals surface area contributed by atoms with E-state index in [9.17, 15) is 8.42 Å². The number of nitrogens with two attached hydrogens (primary N) is 1. The van der Waals surface area contributed by atoms with Crippen molar-refractivity contribution in [2.75, 3.05) is 32.8 Å². The van der Waals surface area contributed by atoms with Crippen LogP contribution in [-0.4, -0.2) is 51.6 Å². The van der Waals surface area contributed by atoms with Gasteiger partial charge in [0.25, 0.3) is 10.2 Å². The zero-order chi connectivity index (χ0) is 11.3. The van der Waals surface area contributed by atoms with Gasteiger partial charge in [-0.1, -0.05) is 0 Å². The van der Waals surface area contributed by atoms with Crippen LogP contribution in [0.25, 0.3) is 0 Å². The zero-order valence-electron chi connectivity index (χ0n) is 9.39.